The van der Waals surface area contributed by atoms with E-state index in [1.165, 1.54) is 12.1 Å². The molecule has 0 aliphatic carbocycles. The van der Waals surface area contributed by atoms with Gasteiger partial charge in [-0.25, -0.2) is 9.18 Å². The van der Waals surface area contributed by atoms with Gasteiger partial charge in [-0.05, 0) is 41.3 Å². The lowest BCUT2D eigenvalue weighted by Gasteiger charge is -2.09. The number of nitrogens with zero attached hydrogens (tertiary/aromatic N) is 1. The molecule has 0 radical (unpaired) electrons. The summed E-state index contributed by atoms with van der Waals surface area (Å²) in [4.78, 5) is 17.2. The predicted molar refractivity (Wildman–Crippen MR) is 89.8 cm³/mol. The van der Waals surface area contributed by atoms with Crippen LogP contribution in [0.3, 0.4) is 0 Å². The molecular weight excluding hydrogens is 313 g/mol. The van der Waals surface area contributed by atoms with E-state index in [2.05, 4.69) is 15.6 Å². The molecule has 1 aromatic carbocycles. The lowest BCUT2D eigenvalue weighted by molar-refractivity contribution is 0.251. The Balaban J connectivity index is 1.61. The zero-order valence-corrected chi connectivity index (χ0v) is 12.9. The number of rotatable bonds is 4. The molecule has 0 aliphatic heterocycles. The number of anilines is 1. The van der Waals surface area contributed by atoms with Crippen molar-refractivity contribution in [3.8, 4) is 10.6 Å². The van der Waals surface area contributed by atoms with Crippen LogP contribution in [0.2, 0.25) is 0 Å². The van der Waals surface area contributed by atoms with Crippen molar-refractivity contribution < 1.29 is 9.18 Å². The van der Waals surface area contributed by atoms with Crippen LogP contribution < -0.4 is 10.6 Å². The molecule has 2 N–H and O–H groups in total. The van der Waals surface area contributed by atoms with Gasteiger partial charge in [0.05, 0.1) is 16.3 Å². The van der Waals surface area contributed by atoms with Crippen LogP contribution in [0.25, 0.3) is 10.6 Å². The minimum atomic E-state index is -0.466. The standard InChI is InChI=1S/C17H14FN3OS/c18-13-4-1-2-5-14(13)21-17(22)20-11-12-7-8-19-15(10-12)16-6-3-9-23-16/h1-10H,11H2,(H2,20,21,22). The van der Waals surface area contributed by atoms with Crippen LogP contribution in [-0.2, 0) is 6.54 Å². The minimum Gasteiger partial charge on any atom is -0.334 e. The van der Waals surface area contributed by atoms with Crippen molar-refractivity contribution in [3.63, 3.8) is 0 Å². The van der Waals surface area contributed by atoms with Crippen molar-refractivity contribution >= 4 is 23.1 Å². The van der Waals surface area contributed by atoms with Crippen LogP contribution in [0.5, 0.6) is 0 Å². The lowest BCUT2D eigenvalue weighted by atomic mass is 10.2. The highest BCUT2D eigenvalue weighted by atomic mass is 32.1. The topological polar surface area (TPSA) is 54.0 Å². The van der Waals surface area contributed by atoms with Crippen molar-refractivity contribution in [3.05, 3.63) is 71.5 Å². The van der Waals surface area contributed by atoms with Gasteiger partial charge in [-0.1, -0.05) is 18.2 Å². The number of amides is 2. The van der Waals surface area contributed by atoms with Crippen LogP contribution in [0.4, 0.5) is 14.9 Å². The number of thiophene rings is 1. The number of benzene rings is 1. The summed E-state index contributed by atoms with van der Waals surface area (Å²) >= 11 is 1.61. The minimum absolute atomic E-state index is 0.152. The molecule has 3 rings (SSSR count). The van der Waals surface area contributed by atoms with Gasteiger partial charge in [-0.15, -0.1) is 11.3 Å². The first-order valence-electron chi connectivity index (χ1n) is 7.00. The Morgan fingerprint density at radius 2 is 2.04 bits per heavy atom. The van der Waals surface area contributed by atoms with Crippen LogP contribution in [0.15, 0.2) is 60.1 Å². The molecule has 0 unspecified atom stereocenters. The maximum atomic E-state index is 13.5. The molecule has 2 amide bonds. The maximum Gasteiger partial charge on any atom is 0.319 e. The Morgan fingerprint density at radius 3 is 2.83 bits per heavy atom. The Labute approximate surface area is 137 Å². The predicted octanol–water partition coefficient (Wildman–Crippen LogP) is 4.27. The number of urea groups is 1. The van der Waals surface area contributed by atoms with Crippen LogP contribution >= 0.6 is 11.3 Å². The number of hydrogen-bond acceptors (Lipinski definition) is 3. The largest absolute Gasteiger partial charge is 0.334 e. The van der Waals surface area contributed by atoms with E-state index in [-0.39, 0.29) is 5.69 Å². The monoisotopic (exact) mass is 327 g/mol. The van der Waals surface area contributed by atoms with Gasteiger partial charge in [0.1, 0.15) is 5.82 Å². The van der Waals surface area contributed by atoms with Gasteiger partial charge in [-0.2, -0.15) is 0 Å². The molecular formula is C17H14FN3OS. The number of carbonyl (C=O) groups is 1. The van der Waals surface area contributed by atoms with Crippen LogP contribution in [0.1, 0.15) is 5.56 Å². The summed E-state index contributed by atoms with van der Waals surface area (Å²) in [5.41, 5.74) is 1.94. The third-order valence-electron chi connectivity index (χ3n) is 3.17. The molecule has 4 nitrogen and oxygen atoms in total. The fourth-order valence-electron chi connectivity index (χ4n) is 2.05. The third kappa shape index (κ3) is 3.92. The quantitative estimate of drug-likeness (QED) is 0.752. The molecule has 0 atom stereocenters. The van der Waals surface area contributed by atoms with E-state index >= 15 is 0 Å². The normalized spacial score (nSPS) is 10.3. The zero-order valence-electron chi connectivity index (χ0n) is 12.1. The van der Waals surface area contributed by atoms with E-state index in [4.69, 9.17) is 0 Å². The second kappa shape index (κ2) is 7.02. The van der Waals surface area contributed by atoms with Crippen LogP contribution in [-0.4, -0.2) is 11.0 Å². The molecule has 3 aromatic rings. The summed E-state index contributed by atoms with van der Waals surface area (Å²) < 4.78 is 13.5. The zero-order chi connectivity index (χ0) is 16.1. The molecule has 0 aliphatic rings. The van der Waals surface area contributed by atoms with E-state index in [1.54, 1.807) is 29.7 Å². The first-order chi connectivity index (χ1) is 11.2. The molecule has 116 valence electrons. The van der Waals surface area contributed by atoms with Gasteiger partial charge in [0.15, 0.2) is 0 Å². The highest BCUT2D eigenvalue weighted by molar-refractivity contribution is 7.13. The number of para-hydroxylation sites is 1. The smallest absolute Gasteiger partial charge is 0.319 e. The number of halogens is 1. The number of nitrogens with one attached hydrogen (secondary N) is 2. The maximum absolute atomic E-state index is 13.5. The molecule has 23 heavy (non-hydrogen) atoms. The molecule has 0 spiro atoms. The second-order valence-electron chi connectivity index (χ2n) is 4.81. The Kier molecular flexibility index (Phi) is 4.63. The van der Waals surface area contributed by atoms with Gasteiger partial charge in [0, 0.05) is 12.7 Å². The first-order valence-corrected chi connectivity index (χ1v) is 7.88. The fourth-order valence-corrected chi connectivity index (χ4v) is 2.75. The van der Waals surface area contributed by atoms with E-state index in [9.17, 15) is 9.18 Å². The molecule has 0 bridgehead atoms. The van der Waals surface area contributed by atoms with Crippen molar-refractivity contribution in [2.75, 3.05) is 5.32 Å². The van der Waals surface area contributed by atoms with Gasteiger partial charge in [0.25, 0.3) is 0 Å². The van der Waals surface area contributed by atoms with Gasteiger partial charge in [-0.3, -0.25) is 4.98 Å². The Bertz CT molecular complexity index is 805. The fraction of sp³-hybridized carbons (Fsp3) is 0.0588. The molecule has 0 fully saturated rings. The number of aromatic nitrogens is 1. The van der Waals surface area contributed by atoms with E-state index in [0.29, 0.717) is 6.54 Å². The van der Waals surface area contributed by atoms with Crippen molar-refractivity contribution in [1.29, 1.82) is 0 Å². The third-order valence-corrected chi connectivity index (χ3v) is 4.07. The molecule has 2 heterocycles. The Hall–Kier alpha value is -2.73. The summed E-state index contributed by atoms with van der Waals surface area (Å²) in [7, 11) is 0. The van der Waals surface area contributed by atoms with Gasteiger partial charge >= 0.3 is 6.03 Å². The highest BCUT2D eigenvalue weighted by Gasteiger charge is 2.06. The van der Waals surface area contributed by atoms with E-state index in [0.717, 1.165) is 16.1 Å². The highest BCUT2D eigenvalue weighted by Crippen LogP contribution is 2.23. The molecule has 2 aromatic heterocycles. The molecule has 0 saturated heterocycles. The Morgan fingerprint density at radius 1 is 1.17 bits per heavy atom. The summed E-state index contributed by atoms with van der Waals surface area (Å²) in [5.74, 6) is -0.466. The number of pyridine rings is 1. The van der Waals surface area contributed by atoms with Gasteiger partial charge < -0.3 is 10.6 Å². The first kappa shape index (κ1) is 15.2. The summed E-state index contributed by atoms with van der Waals surface area (Å²) in [6, 6.07) is 13.3. The van der Waals surface area contributed by atoms with Crippen molar-refractivity contribution in [1.82, 2.24) is 10.3 Å². The average Bonchev–Trinajstić information content (AvgIpc) is 3.10. The number of hydrogen-bond donors (Lipinski definition) is 2. The van der Waals surface area contributed by atoms with E-state index < -0.39 is 11.8 Å². The summed E-state index contributed by atoms with van der Waals surface area (Å²) in [5, 5.41) is 7.18. The van der Waals surface area contributed by atoms with Crippen LogP contribution in [0, 0.1) is 5.82 Å². The lowest BCUT2D eigenvalue weighted by Crippen LogP contribution is -2.28. The summed E-state index contributed by atoms with van der Waals surface area (Å²) in [6.45, 7) is 0.335. The summed E-state index contributed by atoms with van der Waals surface area (Å²) in [6.07, 6.45) is 1.71. The molecule has 6 heteroatoms. The van der Waals surface area contributed by atoms with Gasteiger partial charge in [0.2, 0.25) is 0 Å². The van der Waals surface area contributed by atoms with E-state index in [1.807, 2.05) is 29.6 Å². The van der Waals surface area contributed by atoms with Crippen molar-refractivity contribution in [2.24, 2.45) is 0 Å². The van der Waals surface area contributed by atoms with Crippen molar-refractivity contribution in [2.45, 2.75) is 6.54 Å². The molecule has 0 saturated carbocycles. The SMILES string of the molecule is O=C(NCc1ccnc(-c2cccs2)c1)Nc1ccccc1F. The number of carbonyl (C=O) groups excluding carboxylic acids is 1. The average molecular weight is 327 g/mol. The second-order valence-corrected chi connectivity index (χ2v) is 5.76.